The van der Waals surface area contributed by atoms with Gasteiger partial charge in [-0.25, -0.2) is 4.98 Å². The van der Waals surface area contributed by atoms with Crippen molar-refractivity contribution in [3.05, 3.63) is 82.4 Å². The SMILES string of the molecule is COc1ccc(C(O)=C2C(=O)C(=O)N(c3nc4c(C)cc(C)cc4s3)[C@@H]2c2cc(OC)ccc2OC)cc1. The van der Waals surface area contributed by atoms with Crippen molar-refractivity contribution in [2.75, 3.05) is 26.2 Å². The Morgan fingerprint density at radius 1 is 0.921 bits per heavy atom. The van der Waals surface area contributed by atoms with E-state index in [9.17, 15) is 14.7 Å². The lowest BCUT2D eigenvalue weighted by Crippen LogP contribution is -2.29. The van der Waals surface area contributed by atoms with E-state index in [0.29, 0.717) is 33.5 Å². The molecule has 1 saturated heterocycles. The summed E-state index contributed by atoms with van der Waals surface area (Å²) in [5, 5.41) is 11.8. The standard InChI is InChI=1S/C29H26N2O6S/c1-15-12-16(2)24-22(13-15)38-29(30-24)31-25(20-14-19(36-4)10-11-21(20)37-5)23(27(33)28(31)34)26(32)17-6-8-18(35-3)9-7-17/h6-14,25,32H,1-5H3/t25-/m1/s1. The summed E-state index contributed by atoms with van der Waals surface area (Å²) in [6, 6.07) is 14.7. The molecule has 38 heavy (non-hydrogen) atoms. The maximum absolute atomic E-state index is 13.6. The van der Waals surface area contributed by atoms with Crippen molar-refractivity contribution in [3.63, 3.8) is 0 Å². The molecule has 5 rings (SSSR count). The molecule has 0 bridgehead atoms. The number of hydrogen-bond acceptors (Lipinski definition) is 8. The fraction of sp³-hybridized carbons (Fsp3) is 0.207. The molecule has 1 aliphatic heterocycles. The van der Waals surface area contributed by atoms with E-state index >= 15 is 0 Å². The van der Waals surface area contributed by atoms with Crippen molar-refractivity contribution in [1.29, 1.82) is 0 Å². The maximum Gasteiger partial charge on any atom is 0.301 e. The summed E-state index contributed by atoms with van der Waals surface area (Å²) in [6.07, 6.45) is 0. The van der Waals surface area contributed by atoms with Crippen LogP contribution in [-0.2, 0) is 9.59 Å². The number of Topliss-reactive ketones (excluding diaryl/α,β-unsaturated/α-hetero) is 1. The lowest BCUT2D eigenvalue weighted by molar-refractivity contribution is -0.132. The number of aromatic nitrogens is 1. The third kappa shape index (κ3) is 4.14. The topological polar surface area (TPSA) is 98.2 Å². The Labute approximate surface area is 223 Å². The van der Waals surface area contributed by atoms with Gasteiger partial charge in [-0.05, 0) is 73.5 Å². The smallest absolute Gasteiger partial charge is 0.301 e. The highest BCUT2D eigenvalue weighted by Crippen LogP contribution is 2.47. The van der Waals surface area contributed by atoms with E-state index in [1.807, 2.05) is 26.0 Å². The third-order valence-corrected chi connectivity index (χ3v) is 7.57. The van der Waals surface area contributed by atoms with E-state index in [2.05, 4.69) is 0 Å². The van der Waals surface area contributed by atoms with Gasteiger partial charge in [0, 0.05) is 11.1 Å². The number of methoxy groups -OCH3 is 3. The molecule has 1 fully saturated rings. The van der Waals surface area contributed by atoms with Gasteiger partial charge in [0.25, 0.3) is 5.78 Å². The fourth-order valence-electron chi connectivity index (χ4n) is 4.74. The fourth-order valence-corrected chi connectivity index (χ4v) is 5.91. The minimum absolute atomic E-state index is 0.0705. The highest BCUT2D eigenvalue weighted by atomic mass is 32.1. The molecule has 1 aliphatic rings. The van der Waals surface area contributed by atoms with E-state index in [1.165, 1.54) is 37.6 Å². The molecule has 0 saturated carbocycles. The number of aliphatic hydroxyl groups is 1. The number of aliphatic hydroxyl groups excluding tert-OH is 1. The van der Waals surface area contributed by atoms with Crippen LogP contribution in [0.15, 0.2) is 60.2 Å². The predicted molar refractivity (Wildman–Crippen MR) is 146 cm³/mol. The highest BCUT2D eigenvalue weighted by Gasteiger charge is 2.49. The number of ether oxygens (including phenoxy) is 3. The molecule has 4 aromatic rings. The molecule has 1 aromatic heterocycles. The number of anilines is 1. The molecule has 8 nitrogen and oxygen atoms in total. The maximum atomic E-state index is 13.6. The number of rotatable bonds is 6. The zero-order chi connectivity index (χ0) is 27.1. The number of fused-ring (bicyclic) bond motifs is 1. The van der Waals surface area contributed by atoms with Crippen molar-refractivity contribution in [1.82, 2.24) is 4.98 Å². The monoisotopic (exact) mass is 530 g/mol. The van der Waals surface area contributed by atoms with E-state index in [-0.39, 0.29) is 11.3 Å². The van der Waals surface area contributed by atoms with Gasteiger partial charge in [-0.2, -0.15) is 0 Å². The molecule has 1 amide bonds. The summed E-state index contributed by atoms with van der Waals surface area (Å²) in [7, 11) is 4.57. The average molecular weight is 531 g/mol. The number of carbonyl (C=O) groups excluding carboxylic acids is 2. The van der Waals surface area contributed by atoms with Crippen LogP contribution in [0.4, 0.5) is 5.13 Å². The lowest BCUT2D eigenvalue weighted by Gasteiger charge is -2.25. The highest BCUT2D eigenvalue weighted by molar-refractivity contribution is 7.22. The van der Waals surface area contributed by atoms with Crippen molar-refractivity contribution >= 4 is 44.1 Å². The van der Waals surface area contributed by atoms with Crippen molar-refractivity contribution in [2.45, 2.75) is 19.9 Å². The largest absolute Gasteiger partial charge is 0.507 e. The zero-order valence-corrected chi connectivity index (χ0v) is 22.4. The third-order valence-electron chi connectivity index (χ3n) is 6.56. The van der Waals surface area contributed by atoms with Crippen LogP contribution in [0.5, 0.6) is 17.2 Å². The number of amides is 1. The van der Waals surface area contributed by atoms with Crippen LogP contribution < -0.4 is 19.1 Å². The number of aryl methyl sites for hydroxylation is 2. The van der Waals surface area contributed by atoms with Crippen molar-refractivity contribution < 1.29 is 28.9 Å². The number of nitrogens with zero attached hydrogens (tertiary/aromatic N) is 2. The second-order valence-electron chi connectivity index (χ2n) is 8.93. The Morgan fingerprint density at radius 2 is 1.61 bits per heavy atom. The number of thiazole rings is 1. The quantitative estimate of drug-likeness (QED) is 0.198. The molecule has 0 spiro atoms. The summed E-state index contributed by atoms with van der Waals surface area (Å²) in [5.74, 6) is -0.392. The van der Waals surface area contributed by atoms with Crippen molar-refractivity contribution in [3.8, 4) is 17.2 Å². The average Bonchev–Trinajstić information content (AvgIpc) is 3.46. The van der Waals surface area contributed by atoms with Crippen LogP contribution >= 0.6 is 11.3 Å². The van der Waals surface area contributed by atoms with Gasteiger partial charge in [-0.3, -0.25) is 14.5 Å². The minimum Gasteiger partial charge on any atom is -0.507 e. The first kappa shape index (κ1) is 25.3. The first-order valence-corrected chi connectivity index (χ1v) is 12.6. The molecular formula is C29H26N2O6S. The Kier molecular flexibility index (Phi) is 6.54. The van der Waals surface area contributed by atoms with Crippen LogP contribution in [0.1, 0.15) is 28.3 Å². The van der Waals surface area contributed by atoms with Gasteiger partial charge < -0.3 is 19.3 Å². The van der Waals surface area contributed by atoms with Crippen LogP contribution in [0, 0.1) is 13.8 Å². The van der Waals surface area contributed by atoms with Crippen LogP contribution in [0.2, 0.25) is 0 Å². The molecule has 2 heterocycles. The Bertz CT molecular complexity index is 1610. The molecule has 0 unspecified atom stereocenters. The summed E-state index contributed by atoms with van der Waals surface area (Å²) >= 11 is 1.31. The molecule has 9 heteroatoms. The molecular weight excluding hydrogens is 504 g/mol. The van der Waals surface area contributed by atoms with Crippen molar-refractivity contribution in [2.24, 2.45) is 0 Å². The molecule has 194 valence electrons. The Hall–Kier alpha value is -4.37. The van der Waals surface area contributed by atoms with Crippen LogP contribution in [-0.4, -0.2) is 43.1 Å². The number of hydrogen-bond donors (Lipinski definition) is 1. The summed E-state index contributed by atoms with van der Waals surface area (Å²) in [4.78, 5) is 33.3. The van der Waals surface area contributed by atoms with E-state index in [0.717, 1.165) is 21.3 Å². The first-order valence-electron chi connectivity index (χ1n) is 11.8. The van der Waals surface area contributed by atoms with Gasteiger partial charge in [-0.15, -0.1) is 0 Å². The summed E-state index contributed by atoms with van der Waals surface area (Å²) in [6.45, 7) is 3.95. The van der Waals surface area contributed by atoms with Gasteiger partial charge in [-0.1, -0.05) is 17.4 Å². The molecule has 1 N–H and O–H groups in total. The van der Waals surface area contributed by atoms with Crippen LogP contribution in [0.3, 0.4) is 0 Å². The van der Waals surface area contributed by atoms with Gasteiger partial charge in [0.15, 0.2) is 5.13 Å². The molecule has 1 atom stereocenters. The Balaban J connectivity index is 1.78. The molecule has 0 radical (unpaired) electrons. The number of carbonyl (C=O) groups is 2. The second kappa shape index (κ2) is 9.83. The number of ketones is 1. The predicted octanol–water partition coefficient (Wildman–Crippen LogP) is 5.57. The summed E-state index contributed by atoms with van der Waals surface area (Å²) < 4.78 is 17.2. The van der Waals surface area contributed by atoms with E-state index in [4.69, 9.17) is 19.2 Å². The van der Waals surface area contributed by atoms with Gasteiger partial charge in [0.1, 0.15) is 29.0 Å². The molecule has 0 aliphatic carbocycles. The first-order chi connectivity index (χ1) is 18.3. The van der Waals surface area contributed by atoms with E-state index < -0.39 is 17.7 Å². The van der Waals surface area contributed by atoms with E-state index in [1.54, 1.807) is 42.5 Å². The van der Waals surface area contributed by atoms with Gasteiger partial charge in [0.05, 0.1) is 37.1 Å². The lowest BCUT2D eigenvalue weighted by atomic mass is 9.94. The minimum atomic E-state index is -1.01. The normalized spacial score (nSPS) is 16.8. The molecule has 3 aromatic carbocycles. The van der Waals surface area contributed by atoms with Gasteiger partial charge >= 0.3 is 5.91 Å². The number of benzene rings is 3. The zero-order valence-electron chi connectivity index (χ0n) is 21.6. The second-order valence-corrected chi connectivity index (χ2v) is 9.94. The van der Waals surface area contributed by atoms with Gasteiger partial charge in [0.2, 0.25) is 0 Å². The Morgan fingerprint density at radius 3 is 2.26 bits per heavy atom. The van der Waals surface area contributed by atoms with Crippen LogP contribution in [0.25, 0.3) is 16.0 Å². The summed E-state index contributed by atoms with van der Waals surface area (Å²) in [5.41, 5.74) is 3.56.